The van der Waals surface area contributed by atoms with Gasteiger partial charge < -0.3 is 10.6 Å². The number of hydrogen-bond donors (Lipinski definition) is 2. The van der Waals surface area contributed by atoms with Crippen LogP contribution in [0.1, 0.15) is 24.9 Å². The van der Waals surface area contributed by atoms with Gasteiger partial charge in [0.05, 0.1) is 12.7 Å². The van der Waals surface area contributed by atoms with Crippen LogP contribution in [-0.4, -0.2) is 59.2 Å². The van der Waals surface area contributed by atoms with E-state index in [-0.39, 0.29) is 17.9 Å². The maximum absolute atomic E-state index is 12.0. The van der Waals surface area contributed by atoms with Gasteiger partial charge >= 0.3 is 0 Å². The molecule has 21 heavy (non-hydrogen) atoms. The van der Waals surface area contributed by atoms with Gasteiger partial charge in [0, 0.05) is 32.4 Å². The number of carbonyl (C=O) groups is 2. The number of aryl methyl sites for hydroxylation is 1. The molecule has 1 unspecified atom stereocenters. The average Bonchev–Trinajstić information content (AvgIpc) is 2.89. The van der Waals surface area contributed by atoms with Crippen LogP contribution in [0.25, 0.3) is 0 Å². The Kier molecular flexibility index (Phi) is 5.32. The van der Waals surface area contributed by atoms with Gasteiger partial charge in [-0.25, -0.2) is 0 Å². The van der Waals surface area contributed by atoms with Crippen molar-refractivity contribution in [1.82, 2.24) is 25.3 Å². The molecule has 7 heteroatoms. The zero-order valence-electron chi connectivity index (χ0n) is 12.6. The molecule has 1 aliphatic heterocycles. The third kappa shape index (κ3) is 4.56. The molecule has 1 atom stereocenters. The number of hydrogen-bond acceptors (Lipinski definition) is 4. The lowest BCUT2D eigenvalue weighted by Gasteiger charge is -2.26. The summed E-state index contributed by atoms with van der Waals surface area (Å²) < 4.78 is 1.67. The Morgan fingerprint density at radius 2 is 2.38 bits per heavy atom. The fourth-order valence-corrected chi connectivity index (χ4v) is 2.31. The lowest BCUT2D eigenvalue weighted by molar-refractivity contribution is -0.125. The first-order valence-electron chi connectivity index (χ1n) is 7.34. The molecule has 7 nitrogen and oxygen atoms in total. The van der Waals surface area contributed by atoms with E-state index in [0.717, 1.165) is 25.1 Å². The van der Waals surface area contributed by atoms with Crippen LogP contribution < -0.4 is 10.6 Å². The number of piperazine rings is 1. The van der Waals surface area contributed by atoms with Crippen LogP contribution in [0.5, 0.6) is 0 Å². The normalized spacial score (nSPS) is 17.3. The van der Waals surface area contributed by atoms with Gasteiger partial charge in [-0.2, -0.15) is 5.10 Å². The number of amides is 2. The first-order valence-corrected chi connectivity index (χ1v) is 7.34. The summed E-state index contributed by atoms with van der Waals surface area (Å²) in [5.41, 5.74) is 1.04. The number of carbonyl (C=O) groups excluding carboxylic acids is 2. The van der Waals surface area contributed by atoms with Gasteiger partial charge in [-0.05, 0) is 25.8 Å². The molecule has 0 bridgehead atoms. The third-order valence-electron chi connectivity index (χ3n) is 3.57. The Morgan fingerprint density at radius 3 is 3.05 bits per heavy atom. The predicted octanol–water partition coefficient (Wildman–Crippen LogP) is -0.309. The topological polar surface area (TPSA) is 79.3 Å². The van der Waals surface area contributed by atoms with E-state index in [1.807, 2.05) is 20.0 Å². The van der Waals surface area contributed by atoms with Gasteiger partial charge in [-0.3, -0.25) is 19.2 Å². The molecule has 2 N–H and O–H groups in total. The summed E-state index contributed by atoms with van der Waals surface area (Å²) in [5.74, 6) is 0.0439. The van der Waals surface area contributed by atoms with Crippen molar-refractivity contribution >= 4 is 11.8 Å². The summed E-state index contributed by atoms with van der Waals surface area (Å²) >= 11 is 0. The van der Waals surface area contributed by atoms with Crippen LogP contribution >= 0.6 is 0 Å². The van der Waals surface area contributed by atoms with Gasteiger partial charge in [-0.1, -0.05) is 0 Å². The molecule has 0 aromatic carbocycles. The maximum Gasteiger partial charge on any atom is 0.244 e. The lowest BCUT2D eigenvalue weighted by Crippen LogP contribution is -2.48. The fourth-order valence-electron chi connectivity index (χ4n) is 2.31. The first kappa shape index (κ1) is 15.5. The largest absolute Gasteiger partial charge is 0.354 e. The van der Waals surface area contributed by atoms with E-state index in [1.165, 1.54) is 0 Å². The molecule has 0 spiro atoms. The average molecular weight is 293 g/mol. The van der Waals surface area contributed by atoms with Crippen molar-refractivity contribution in [1.29, 1.82) is 0 Å². The van der Waals surface area contributed by atoms with Gasteiger partial charge in [0.1, 0.15) is 6.04 Å². The van der Waals surface area contributed by atoms with Crippen molar-refractivity contribution in [3.05, 3.63) is 18.0 Å². The highest BCUT2D eigenvalue weighted by Crippen LogP contribution is 2.05. The second kappa shape index (κ2) is 7.21. The minimum Gasteiger partial charge on any atom is -0.354 e. The SMILES string of the molecule is Cc1cnn(C(C)C(=O)NCCCN2CCNC(=O)C2)c1. The third-order valence-corrected chi connectivity index (χ3v) is 3.57. The minimum atomic E-state index is -0.306. The summed E-state index contributed by atoms with van der Waals surface area (Å²) in [6.07, 6.45) is 4.44. The Hall–Kier alpha value is -1.89. The molecule has 116 valence electrons. The van der Waals surface area contributed by atoms with Crippen molar-refractivity contribution in [3.8, 4) is 0 Å². The standard InChI is InChI=1S/C14H23N5O2/c1-11-8-17-19(9-11)12(2)14(21)16-4-3-6-18-7-5-15-13(20)10-18/h8-9,12H,3-7,10H2,1-2H3,(H,15,20)(H,16,21). The van der Waals surface area contributed by atoms with E-state index < -0.39 is 0 Å². The fraction of sp³-hybridized carbons (Fsp3) is 0.643. The van der Waals surface area contributed by atoms with Gasteiger partial charge in [0.2, 0.25) is 11.8 Å². The molecule has 0 saturated carbocycles. The molecule has 1 fully saturated rings. The quantitative estimate of drug-likeness (QED) is 0.705. The molecular formula is C14H23N5O2. The molecule has 0 aliphatic carbocycles. The van der Waals surface area contributed by atoms with E-state index in [1.54, 1.807) is 10.9 Å². The zero-order valence-corrected chi connectivity index (χ0v) is 12.6. The maximum atomic E-state index is 12.0. The van der Waals surface area contributed by atoms with Crippen LogP contribution in [0.2, 0.25) is 0 Å². The number of nitrogens with zero attached hydrogens (tertiary/aromatic N) is 3. The molecule has 1 aliphatic rings. The van der Waals surface area contributed by atoms with Gasteiger partial charge in [0.25, 0.3) is 0 Å². The van der Waals surface area contributed by atoms with E-state index in [0.29, 0.717) is 19.6 Å². The van der Waals surface area contributed by atoms with Crippen molar-refractivity contribution in [2.45, 2.75) is 26.3 Å². The summed E-state index contributed by atoms with van der Waals surface area (Å²) in [4.78, 5) is 25.3. The Labute approximate surface area is 124 Å². The Morgan fingerprint density at radius 1 is 1.57 bits per heavy atom. The second-order valence-corrected chi connectivity index (χ2v) is 5.44. The van der Waals surface area contributed by atoms with Crippen LogP contribution in [0.4, 0.5) is 0 Å². The van der Waals surface area contributed by atoms with E-state index in [9.17, 15) is 9.59 Å². The van der Waals surface area contributed by atoms with Crippen LogP contribution in [0.15, 0.2) is 12.4 Å². The highest BCUT2D eigenvalue weighted by atomic mass is 16.2. The zero-order chi connectivity index (χ0) is 15.2. The van der Waals surface area contributed by atoms with E-state index >= 15 is 0 Å². The smallest absolute Gasteiger partial charge is 0.244 e. The lowest BCUT2D eigenvalue weighted by atomic mass is 10.3. The predicted molar refractivity (Wildman–Crippen MR) is 78.8 cm³/mol. The van der Waals surface area contributed by atoms with E-state index in [2.05, 4.69) is 20.6 Å². The molecule has 2 amide bonds. The van der Waals surface area contributed by atoms with E-state index in [4.69, 9.17) is 0 Å². The molecule has 1 aromatic rings. The second-order valence-electron chi connectivity index (χ2n) is 5.44. The summed E-state index contributed by atoms with van der Waals surface area (Å²) in [5, 5.41) is 9.86. The Bertz CT molecular complexity index is 499. The molecule has 2 heterocycles. The van der Waals surface area contributed by atoms with Gasteiger partial charge in [0.15, 0.2) is 0 Å². The number of rotatable bonds is 6. The monoisotopic (exact) mass is 293 g/mol. The molecule has 2 rings (SSSR count). The van der Waals surface area contributed by atoms with Gasteiger partial charge in [-0.15, -0.1) is 0 Å². The van der Waals surface area contributed by atoms with Crippen LogP contribution in [-0.2, 0) is 9.59 Å². The van der Waals surface area contributed by atoms with Crippen LogP contribution in [0, 0.1) is 6.92 Å². The summed E-state index contributed by atoms with van der Waals surface area (Å²) in [7, 11) is 0. The van der Waals surface area contributed by atoms with Crippen molar-refractivity contribution in [3.63, 3.8) is 0 Å². The minimum absolute atomic E-state index is 0.0329. The number of nitrogens with one attached hydrogen (secondary N) is 2. The highest BCUT2D eigenvalue weighted by molar-refractivity contribution is 5.79. The molecule has 0 radical (unpaired) electrons. The number of aromatic nitrogens is 2. The molecule has 1 saturated heterocycles. The summed E-state index contributed by atoms with van der Waals surface area (Å²) in [6.45, 7) is 7.25. The molecular weight excluding hydrogens is 270 g/mol. The highest BCUT2D eigenvalue weighted by Gasteiger charge is 2.17. The van der Waals surface area contributed by atoms with Crippen LogP contribution in [0.3, 0.4) is 0 Å². The van der Waals surface area contributed by atoms with Crippen molar-refractivity contribution in [2.24, 2.45) is 0 Å². The van der Waals surface area contributed by atoms with Crippen molar-refractivity contribution in [2.75, 3.05) is 32.7 Å². The summed E-state index contributed by atoms with van der Waals surface area (Å²) in [6, 6.07) is -0.306. The Balaban J connectivity index is 1.66. The first-order chi connectivity index (χ1) is 10.1. The van der Waals surface area contributed by atoms with Crippen molar-refractivity contribution < 1.29 is 9.59 Å². The molecule has 1 aromatic heterocycles.